The molecule has 1 saturated carbocycles. The van der Waals surface area contributed by atoms with E-state index in [2.05, 4.69) is 11.9 Å². The average Bonchev–Trinajstić information content (AvgIpc) is 2.32. The summed E-state index contributed by atoms with van der Waals surface area (Å²) in [4.78, 5) is 2.29. The Bertz CT molecular complexity index is 373. The van der Waals surface area contributed by atoms with Crippen molar-refractivity contribution < 1.29 is 4.39 Å². The molecule has 100 valence electrons. The number of halogens is 1. The SMILES string of the molecule is CN(Cc1cccc(F)c1)CC1CCC(N)CC1. The van der Waals surface area contributed by atoms with Gasteiger partial charge in [0.05, 0.1) is 0 Å². The number of benzene rings is 1. The summed E-state index contributed by atoms with van der Waals surface area (Å²) in [6.45, 7) is 1.91. The van der Waals surface area contributed by atoms with Gasteiger partial charge in [-0.1, -0.05) is 12.1 Å². The van der Waals surface area contributed by atoms with Gasteiger partial charge in [-0.3, -0.25) is 0 Å². The molecule has 0 saturated heterocycles. The monoisotopic (exact) mass is 250 g/mol. The fourth-order valence-corrected chi connectivity index (χ4v) is 2.82. The molecule has 0 spiro atoms. The van der Waals surface area contributed by atoms with Gasteiger partial charge in [0.2, 0.25) is 0 Å². The lowest BCUT2D eigenvalue weighted by Crippen LogP contribution is -2.32. The zero-order valence-corrected chi connectivity index (χ0v) is 11.1. The van der Waals surface area contributed by atoms with Gasteiger partial charge in [-0.05, 0) is 56.3 Å². The molecule has 3 heteroatoms. The van der Waals surface area contributed by atoms with E-state index in [0.29, 0.717) is 6.04 Å². The molecule has 1 aromatic carbocycles. The molecule has 1 aliphatic rings. The van der Waals surface area contributed by atoms with E-state index in [1.807, 2.05) is 6.07 Å². The molecule has 0 aliphatic heterocycles. The number of rotatable bonds is 4. The molecule has 0 atom stereocenters. The molecule has 2 nitrogen and oxygen atoms in total. The van der Waals surface area contributed by atoms with Gasteiger partial charge in [0.1, 0.15) is 5.82 Å². The molecule has 0 aromatic heterocycles. The fraction of sp³-hybridized carbons (Fsp3) is 0.600. The molecule has 1 fully saturated rings. The van der Waals surface area contributed by atoms with E-state index in [1.54, 1.807) is 12.1 Å². The number of nitrogens with zero attached hydrogens (tertiary/aromatic N) is 1. The van der Waals surface area contributed by atoms with Gasteiger partial charge in [0.25, 0.3) is 0 Å². The summed E-state index contributed by atoms with van der Waals surface area (Å²) in [5.41, 5.74) is 6.96. The first-order valence-corrected chi connectivity index (χ1v) is 6.82. The molecule has 1 aliphatic carbocycles. The average molecular weight is 250 g/mol. The minimum absolute atomic E-state index is 0.149. The number of hydrogen-bond acceptors (Lipinski definition) is 2. The smallest absolute Gasteiger partial charge is 0.123 e. The van der Waals surface area contributed by atoms with Crippen molar-refractivity contribution in [3.05, 3.63) is 35.6 Å². The summed E-state index contributed by atoms with van der Waals surface area (Å²) in [5, 5.41) is 0. The van der Waals surface area contributed by atoms with Crippen LogP contribution in [-0.4, -0.2) is 24.5 Å². The van der Waals surface area contributed by atoms with E-state index in [1.165, 1.54) is 18.9 Å². The van der Waals surface area contributed by atoms with Crippen molar-refractivity contribution in [2.45, 2.75) is 38.3 Å². The molecular weight excluding hydrogens is 227 g/mol. The van der Waals surface area contributed by atoms with Crippen LogP contribution in [0.5, 0.6) is 0 Å². The van der Waals surface area contributed by atoms with Crippen molar-refractivity contribution >= 4 is 0 Å². The Morgan fingerprint density at radius 2 is 2.00 bits per heavy atom. The molecule has 1 aromatic rings. The summed E-state index contributed by atoms with van der Waals surface area (Å²) in [5.74, 6) is 0.605. The molecule has 0 unspecified atom stereocenters. The quantitative estimate of drug-likeness (QED) is 0.890. The van der Waals surface area contributed by atoms with Crippen molar-refractivity contribution in [1.82, 2.24) is 4.90 Å². The van der Waals surface area contributed by atoms with E-state index >= 15 is 0 Å². The maximum Gasteiger partial charge on any atom is 0.123 e. The third kappa shape index (κ3) is 4.07. The van der Waals surface area contributed by atoms with Crippen LogP contribution in [0.3, 0.4) is 0 Å². The maximum absolute atomic E-state index is 13.1. The number of nitrogens with two attached hydrogens (primary N) is 1. The molecule has 0 bridgehead atoms. The molecule has 0 amide bonds. The molecule has 2 rings (SSSR count). The van der Waals surface area contributed by atoms with Crippen LogP contribution >= 0.6 is 0 Å². The Kier molecular flexibility index (Phi) is 4.72. The van der Waals surface area contributed by atoms with Crippen LogP contribution in [0.2, 0.25) is 0 Å². The maximum atomic E-state index is 13.1. The standard InChI is InChI=1S/C15H23FN2/c1-18(10-12-5-7-15(17)8-6-12)11-13-3-2-4-14(16)9-13/h2-4,9,12,15H,5-8,10-11,17H2,1H3. The Hall–Kier alpha value is -0.930. The predicted octanol–water partition coefficient (Wildman–Crippen LogP) is 2.78. The highest BCUT2D eigenvalue weighted by Crippen LogP contribution is 2.24. The third-order valence-corrected chi connectivity index (χ3v) is 3.80. The topological polar surface area (TPSA) is 29.3 Å². The minimum atomic E-state index is -0.149. The van der Waals surface area contributed by atoms with Crippen molar-refractivity contribution in [2.24, 2.45) is 11.7 Å². The Labute approximate surface area is 109 Å². The van der Waals surface area contributed by atoms with Crippen molar-refractivity contribution in [3.63, 3.8) is 0 Å². The van der Waals surface area contributed by atoms with Gasteiger partial charge in [-0.15, -0.1) is 0 Å². The first-order chi connectivity index (χ1) is 8.63. The highest BCUT2D eigenvalue weighted by Gasteiger charge is 2.19. The van der Waals surface area contributed by atoms with Crippen molar-refractivity contribution in [2.75, 3.05) is 13.6 Å². The molecule has 2 N–H and O–H groups in total. The second-order valence-corrected chi connectivity index (χ2v) is 5.61. The van der Waals surface area contributed by atoms with Crippen molar-refractivity contribution in [3.8, 4) is 0 Å². The zero-order valence-electron chi connectivity index (χ0n) is 11.1. The summed E-state index contributed by atoms with van der Waals surface area (Å²) in [6, 6.07) is 7.28. The van der Waals surface area contributed by atoms with E-state index < -0.39 is 0 Å². The van der Waals surface area contributed by atoms with E-state index in [4.69, 9.17) is 5.73 Å². The first kappa shape index (κ1) is 13.5. The van der Waals surface area contributed by atoms with E-state index in [-0.39, 0.29) is 5.82 Å². The molecular formula is C15H23FN2. The summed E-state index contributed by atoms with van der Waals surface area (Å²) >= 11 is 0. The Morgan fingerprint density at radius 3 is 2.67 bits per heavy atom. The Balaban J connectivity index is 1.80. The van der Waals surface area contributed by atoms with Gasteiger partial charge in [-0.2, -0.15) is 0 Å². The van der Waals surface area contributed by atoms with Crippen LogP contribution in [0.4, 0.5) is 4.39 Å². The molecule has 0 heterocycles. The molecule has 18 heavy (non-hydrogen) atoms. The fourth-order valence-electron chi connectivity index (χ4n) is 2.82. The van der Waals surface area contributed by atoms with Crippen LogP contribution in [-0.2, 0) is 6.54 Å². The van der Waals surface area contributed by atoms with Crippen LogP contribution < -0.4 is 5.73 Å². The van der Waals surface area contributed by atoms with Gasteiger partial charge in [-0.25, -0.2) is 4.39 Å². The van der Waals surface area contributed by atoms with E-state index in [0.717, 1.165) is 37.4 Å². The Morgan fingerprint density at radius 1 is 1.28 bits per heavy atom. The van der Waals surface area contributed by atoms with Crippen LogP contribution in [0.1, 0.15) is 31.2 Å². The van der Waals surface area contributed by atoms with Gasteiger partial charge < -0.3 is 10.6 Å². The minimum Gasteiger partial charge on any atom is -0.328 e. The van der Waals surface area contributed by atoms with E-state index in [9.17, 15) is 4.39 Å². The lowest BCUT2D eigenvalue weighted by molar-refractivity contribution is 0.219. The van der Waals surface area contributed by atoms with Crippen LogP contribution in [0, 0.1) is 11.7 Å². The van der Waals surface area contributed by atoms with Gasteiger partial charge in [0.15, 0.2) is 0 Å². The third-order valence-electron chi connectivity index (χ3n) is 3.80. The largest absolute Gasteiger partial charge is 0.328 e. The summed E-state index contributed by atoms with van der Waals surface area (Å²) < 4.78 is 13.1. The summed E-state index contributed by atoms with van der Waals surface area (Å²) in [7, 11) is 2.11. The lowest BCUT2D eigenvalue weighted by atomic mass is 9.86. The second kappa shape index (κ2) is 6.30. The van der Waals surface area contributed by atoms with Crippen LogP contribution in [0.25, 0.3) is 0 Å². The summed E-state index contributed by atoms with van der Waals surface area (Å²) in [6.07, 6.45) is 4.76. The van der Waals surface area contributed by atoms with Crippen molar-refractivity contribution in [1.29, 1.82) is 0 Å². The highest BCUT2D eigenvalue weighted by atomic mass is 19.1. The second-order valence-electron chi connectivity index (χ2n) is 5.61. The normalized spacial score (nSPS) is 24.4. The highest BCUT2D eigenvalue weighted by molar-refractivity contribution is 5.16. The predicted molar refractivity (Wildman–Crippen MR) is 72.7 cm³/mol. The van der Waals surface area contributed by atoms with Gasteiger partial charge in [0, 0.05) is 19.1 Å². The zero-order chi connectivity index (χ0) is 13.0. The first-order valence-electron chi connectivity index (χ1n) is 6.82. The number of hydrogen-bond donors (Lipinski definition) is 1. The lowest BCUT2D eigenvalue weighted by Gasteiger charge is -2.29. The van der Waals surface area contributed by atoms with Crippen LogP contribution in [0.15, 0.2) is 24.3 Å². The van der Waals surface area contributed by atoms with Gasteiger partial charge >= 0.3 is 0 Å². The molecule has 0 radical (unpaired) electrons.